The highest BCUT2D eigenvalue weighted by Crippen LogP contribution is 2.12. The number of rotatable bonds is 2. The smallest absolute Gasteiger partial charge is 0.309 e. The zero-order chi connectivity index (χ0) is 7.56. The molecule has 0 saturated carbocycles. The van der Waals surface area contributed by atoms with Crippen LogP contribution in [0.3, 0.4) is 0 Å². The fourth-order valence-corrected chi connectivity index (χ4v) is 0.927. The molecule has 5 nitrogen and oxygen atoms in total. The van der Waals surface area contributed by atoms with Crippen molar-refractivity contribution in [1.82, 2.24) is 9.59 Å². The van der Waals surface area contributed by atoms with Crippen LogP contribution in [0.4, 0.5) is 5.00 Å². The average molecular weight is 159 g/mol. The maximum Gasteiger partial charge on any atom is 0.309 e. The number of nitrogens with zero attached hydrogens (tertiary/aromatic N) is 2. The molecule has 0 saturated heterocycles. The van der Waals surface area contributed by atoms with Crippen molar-refractivity contribution in [2.75, 3.05) is 5.73 Å². The number of hydrogen-bond donors (Lipinski definition) is 2. The summed E-state index contributed by atoms with van der Waals surface area (Å²) in [7, 11) is 0. The highest BCUT2D eigenvalue weighted by molar-refractivity contribution is 7.09. The minimum Gasteiger partial charge on any atom is -0.481 e. The first-order valence-corrected chi connectivity index (χ1v) is 3.26. The van der Waals surface area contributed by atoms with Gasteiger partial charge in [0.15, 0.2) is 0 Å². The van der Waals surface area contributed by atoms with Gasteiger partial charge >= 0.3 is 5.97 Å². The molecule has 0 amide bonds. The maximum atomic E-state index is 10.1. The molecule has 6 heteroatoms. The summed E-state index contributed by atoms with van der Waals surface area (Å²) in [6.07, 6.45) is -0.150. The van der Waals surface area contributed by atoms with Crippen molar-refractivity contribution in [3.63, 3.8) is 0 Å². The van der Waals surface area contributed by atoms with E-state index in [4.69, 9.17) is 10.8 Å². The standard InChI is InChI=1S/C4H5N3O2S/c5-4-2(1-3(8)9)6-7-10-4/h1,5H2,(H,8,9). The van der Waals surface area contributed by atoms with Crippen molar-refractivity contribution in [2.45, 2.75) is 6.42 Å². The molecule has 54 valence electrons. The Kier molecular flexibility index (Phi) is 1.81. The van der Waals surface area contributed by atoms with Crippen LogP contribution in [0.25, 0.3) is 0 Å². The molecule has 0 aliphatic rings. The number of carboxylic acid groups (broad SMARTS) is 1. The molecule has 0 spiro atoms. The van der Waals surface area contributed by atoms with E-state index < -0.39 is 5.97 Å². The monoisotopic (exact) mass is 159 g/mol. The van der Waals surface area contributed by atoms with Crippen molar-refractivity contribution in [3.8, 4) is 0 Å². The molecule has 0 radical (unpaired) electrons. The van der Waals surface area contributed by atoms with Gasteiger partial charge in [-0.15, -0.1) is 5.10 Å². The van der Waals surface area contributed by atoms with Gasteiger partial charge in [-0.1, -0.05) is 4.49 Å². The third-order valence-electron chi connectivity index (χ3n) is 0.904. The Morgan fingerprint density at radius 3 is 2.90 bits per heavy atom. The van der Waals surface area contributed by atoms with Gasteiger partial charge in [0, 0.05) is 11.5 Å². The summed E-state index contributed by atoms with van der Waals surface area (Å²) < 4.78 is 3.48. The molecule has 1 aromatic heterocycles. The lowest BCUT2D eigenvalue weighted by Gasteiger charge is -1.87. The lowest BCUT2D eigenvalue weighted by atomic mass is 10.3. The maximum absolute atomic E-state index is 10.1. The summed E-state index contributed by atoms with van der Waals surface area (Å²) in [4.78, 5) is 10.1. The number of carboxylic acids is 1. The summed E-state index contributed by atoms with van der Waals surface area (Å²) in [5, 5.41) is 12.2. The summed E-state index contributed by atoms with van der Waals surface area (Å²) in [6, 6.07) is 0. The van der Waals surface area contributed by atoms with Crippen molar-refractivity contribution in [2.24, 2.45) is 0 Å². The molecule has 0 atom stereocenters. The van der Waals surface area contributed by atoms with Gasteiger partial charge in [0.1, 0.15) is 10.7 Å². The van der Waals surface area contributed by atoms with Crippen LogP contribution in [0.1, 0.15) is 5.69 Å². The van der Waals surface area contributed by atoms with E-state index in [1.54, 1.807) is 0 Å². The van der Waals surface area contributed by atoms with Gasteiger partial charge in [-0.2, -0.15) is 0 Å². The van der Waals surface area contributed by atoms with Crippen LogP contribution in [0.2, 0.25) is 0 Å². The van der Waals surface area contributed by atoms with E-state index in [-0.39, 0.29) is 6.42 Å². The predicted octanol–water partition coefficient (Wildman–Crippen LogP) is -0.253. The molecule has 1 rings (SSSR count). The van der Waals surface area contributed by atoms with E-state index in [9.17, 15) is 4.79 Å². The van der Waals surface area contributed by atoms with Gasteiger partial charge in [-0.25, -0.2) is 0 Å². The van der Waals surface area contributed by atoms with Gasteiger partial charge in [0.05, 0.1) is 6.42 Å². The van der Waals surface area contributed by atoms with E-state index in [0.29, 0.717) is 10.7 Å². The fraction of sp³-hybridized carbons (Fsp3) is 0.250. The summed E-state index contributed by atoms with van der Waals surface area (Å²) in [5.41, 5.74) is 5.66. The van der Waals surface area contributed by atoms with Gasteiger partial charge in [-0.3, -0.25) is 4.79 Å². The third kappa shape index (κ3) is 1.41. The first kappa shape index (κ1) is 6.94. The average Bonchev–Trinajstić information content (AvgIpc) is 2.15. The van der Waals surface area contributed by atoms with E-state index in [0.717, 1.165) is 11.5 Å². The fourth-order valence-electron chi connectivity index (χ4n) is 0.481. The lowest BCUT2D eigenvalue weighted by Crippen LogP contribution is -2.02. The molecule has 3 N–H and O–H groups in total. The Balaban J connectivity index is 2.74. The Morgan fingerprint density at radius 2 is 2.50 bits per heavy atom. The van der Waals surface area contributed by atoms with Crippen molar-refractivity contribution in [3.05, 3.63) is 5.69 Å². The highest BCUT2D eigenvalue weighted by atomic mass is 32.1. The SMILES string of the molecule is Nc1snnc1CC(=O)O. The van der Waals surface area contributed by atoms with E-state index in [2.05, 4.69) is 9.59 Å². The van der Waals surface area contributed by atoms with Crippen LogP contribution in [0.5, 0.6) is 0 Å². The number of aliphatic carboxylic acids is 1. The Bertz CT molecular complexity index is 246. The second kappa shape index (κ2) is 2.61. The molecule has 0 bridgehead atoms. The van der Waals surface area contributed by atoms with Crippen molar-refractivity contribution in [1.29, 1.82) is 0 Å². The summed E-state index contributed by atoms with van der Waals surface area (Å²) in [5.74, 6) is -0.945. The zero-order valence-corrected chi connectivity index (χ0v) is 5.76. The Morgan fingerprint density at radius 1 is 1.80 bits per heavy atom. The zero-order valence-electron chi connectivity index (χ0n) is 4.94. The van der Waals surface area contributed by atoms with Crippen LogP contribution in [-0.4, -0.2) is 20.7 Å². The van der Waals surface area contributed by atoms with Crippen molar-refractivity contribution >= 4 is 22.5 Å². The van der Waals surface area contributed by atoms with Gasteiger partial charge in [0.2, 0.25) is 0 Å². The highest BCUT2D eigenvalue weighted by Gasteiger charge is 2.07. The Labute approximate surface area is 60.6 Å². The summed E-state index contributed by atoms with van der Waals surface area (Å²) in [6.45, 7) is 0. The molecule has 0 aromatic carbocycles. The molecule has 0 fully saturated rings. The molecule has 0 unspecified atom stereocenters. The van der Waals surface area contributed by atoms with E-state index >= 15 is 0 Å². The van der Waals surface area contributed by atoms with Crippen LogP contribution in [0, 0.1) is 0 Å². The summed E-state index contributed by atoms with van der Waals surface area (Å²) >= 11 is 1.000. The van der Waals surface area contributed by atoms with Gasteiger partial charge < -0.3 is 10.8 Å². The van der Waals surface area contributed by atoms with Crippen LogP contribution in [-0.2, 0) is 11.2 Å². The van der Waals surface area contributed by atoms with Crippen molar-refractivity contribution < 1.29 is 9.90 Å². The number of nitrogens with two attached hydrogens (primary N) is 1. The van der Waals surface area contributed by atoms with E-state index in [1.807, 2.05) is 0 Å². The number of aromatic nitrogens is 2. The second-order valence-electron chi connectivity index (χ2n) is 1.65. The quantitative estimate of drug-likeness (QED) is 0.621. The molecule has 10 heavy (non-hydrogen) atoms. The molecule has 1 aromatic rings. The first-order chi connectivity index (χ1) is 4.70. The molecule has 0 aliphatic carbocycles. The van der Waals surface area contributed by atoms with E-state index in [1.165, 1.54) is 0 Å². The van der Waals surface area contributed by atoms with Crippen LogP contribution < -0.4 is 5.73 Å². The number of carbonyl (C=O) groups is 1. The third-order valence-corrected chi connectivity index (χ3v) is 1.50. The molecule has 0 aliphatic heterocycles. The Hall–Kier alpha value is -1.17. The topological polar surface area (TPSA) is 89.1 Å². The number of nitrogen functional groups attached to an aromatic ring is 1. The lowest BCUT2D eigenvalue weighted by molar-refractivity contribution is -0.136. The minimum absolute atomic E-state index is 0.150. The molecular weight excluding hydrogens is 154 g/mol. The molecule has 1 heterocycles. The minimum atomic E-state index is -0.945. The first-order valence-electron chi connectivity index (χ1n) is 2.48. The normalized spacial score (nSPS) is 9.60. The number of hydrogen-bond acceptors (Lipinski definition) is 5. The van der Waals surface area contributed by atoms with Gasteiger partial charge in [0.25, 0.3) is 0 Å². The predicted molar refractivity (Wildman–Crippen MR) is 35.7 cm³/mol. The second-order valence-corrected chi connectivity index (χ2v) is 2.44. The largest absolute Gasteiger partial charge is 0.481 e. The molecular formula is C4H5N3O2S. The van der Waals surface area contributed by atoms with Crippen LogP contribution in [0.15, 0.2) is 0 Å². The van der Waals surface area contributed by atoms with Crippen LogP contribution >= 0.6 is 11.5 Å². The van der Waals surface area contributed by atoms with Gasteiger partial charge in [-0.05, 0) is 0 Å². The number of anilines is 1.